The Morgan fingerprint density at radius 3 is 2.60 bits per heavy atom. The van der Waals surface area contributed by atoms with Gasteiger partial charge in [-0.1, -0.05) is 12.1 Å². The maximum Gasteiger partial charge on any atom is 0.416 e. The number of carbonyl (C=O) groups is 1. The molecule has 0 unspecified atom stereocenters. The number of benzene rings is 1. The van der Waals surface area contributed by atoms with Crippen molar-refractivity contribution in [2.75, 3.05) is 23.3 Å². The van der Waals surface area contributed by atoms with E-state index < -0.39 is 17.3 Å². The van der Waals surface area contributed by atoms with Gasteiger partial charge in [0, 0.05) is 24.5 Å². The molecule has 1 saturated carbocycles. The lowest BCUT2D eigenvalue weighted by Gasteiger charge is -2.35. The van der Waals surface area contributed by atoms with Gasteiger partial charge in [0.25, 0.3) is 0 Å². The van der Waals surface area contributed by atoms with Crippen LogP contribution in [0.25, 0.3) is 11.1 Å². The van der Waals surface area contributed by atoms with Crippen molar-refractivity contribution in [3.05, 3.63) is 66.5 Å². The number of alkyl halides is 3. The van der Waals surface area contributed by atoms with Crippen LogP contribution in [0.4, 0.5) is 29.6 Å². The molecule has 2 fully saturated rings. The maximum atomic E-state index is 13.0. The Balaban J connectivity index is 1.14. The molecule has 182 valence electrons. The minimum atomic E-state index is -4.38. The van der Waals surface area contributed by atoms with E-state index in [4.69, 9.17) is 4.74 Å². The molecule has 2 aromatic heterocycles. The normalized spacial score (nSPS) is 22.3. The topological polar surface area (TPSA) is 80.2 Å². The molecular weight excluding hydrogens is 459 g/mol. The van der Waals surface area contributed by atoms with E-state index in [1.165, 1.54) is 6.07 Å². The molecule has 1 aromatic carbocycles. The fraction of sp³-hybridized carbons (Fsp3) is 0.360. The molecule has 10 heteroatoms. The zero-order valence-corrected chi connectivity index (χ0v) is 18.8. The van der Waals surface area contributed by atoms with E-state index in [2.05, 4.69) is 20.5 Å². The number of carbonyl (C=O) groups excluding carboxylic acids is 1. The second kappa shape index (κ2) is 9.16. The van der Waals surface area contributed by atoms with Crippen molar-refractivity contribution in [1.29, 1.82) is 0 Å². The molecule has 35 heavy (non-hydrogen) atoms. The molecule has 1 spiro atoms. The zero-order valence-electron chi connectivity index (χ0n) is 18.8. The van der Waals surface area contributed by atoms with E-state index in [0.29, 0.717) is 41.8 Å². The average molecular weight is 483 g/mol. The Kier molecular flexibility index (Phi) is 6.04. The van der Waals surface area contributed by atoms with Crippen LogP contribution in [0.5, 0.6) is 0 Å². The van der Waals surface area contributed by atoms with Gasteiger partial charge in [0.2, 0.25) is 0 Å². The number of amides is 1. The second-order valence-corrected chi connectivity index (χ2v) is 9.05. The van der Waals surface area contributed by atoms with Gasteiger partial charge < -0.3 is 10.1 Å². The van der Waals surface area contributed by atoms with Gasteiger partial charge in [-0.15, -0.1) is 5.10 Å². The first kappa shape index (κ1) is 23.1. The summed E-state index contributed by atoms with van der Waals surface area (Å²) in [7, 11) is 0. The van der Waals surface area contributed by atoms with E-state index in [0.717, 1.165) is 37.8 Å². The Morgan fingerprint density at radius 1 is 1.09 bits per heavy atom. The first-order valence-corrected chi connectivity index (χ1v) is 11.5. The Bertz CT molecular complexity index is 1180. The molecule has 1 saturated heterocycles. The van der Waals surface area contributed by atoms with Crippen LogP contribution in [0.15, 0.2) is 60.9 Å². The highest BCUT2D eigenvalue weighted by atomic mass is 19.4. The number of nitrogens with one attached hydrogen (secondary N) is 1. The summed E-state index contributed by atoms with van der Waals surface area (Å²) in [5.74, 6) is 1.56. The molecule has 1 N–H and O–H groups in total. The van der Waals surface area contributed by atoms with Gasteiger partial charge in [-0.2, -0.15) is 18.3 Å². The Hall–Kier alpha value is -3.69. The van der Waals surface area contributed by atoms with E-state index in [9.17, 15) is 18.0 Å². The molecule has 1 amide bonds. The van der Waals surface area contributed by atoms with Crippen LogP contribution >= 0.6 is 0 Å². The third-order valence-corrected chi connectivity index (χ3v) is 6.68. The van der Waals surface area contributed by atoms with Crippen molar-refractivity contribution in [3.63, 3.8) is 0 Å². The summed E-state index contributed by atoms with van der Waals surface area (Å²) in [5.41, 5.74) is -0.0780. The predicted molar refractivity (Wildman–Crippen MR) is 124 cm³/mol. The highest BCUT2D eigenvalue weighted by molar-refractivity contribution is 5.89. The minimum Gasteiger partial charge on any atom is -0.441 e. The maximum absolute atomic E-state index is 13.0. The third kappa shape index (κ3) is 5.06. The van der Waals surface area contributed by atoms with Gasteiger partial charge in [-0.3, -0.25) is 4.90 Å². The lowest BCUT2D eigenvalue weighted by molar-refractivity contribution is -0.137. The van der Waals surface area contributed by atoms with Crippen molar-refractivity contribution in [3.8, 4) is 11.1 Å². The van der Waals surface area contributed by atoms with Crippen LogP contribution in [-0.4, -0.2) is 40.0 Å². The van der Waals surface area contributed by atoms with Gasteiger partial charge in [0.1, 0.15) is 11.4 Å². The summed E-state index contributed by atoms with van der Waals surface area (Å²) in [6.07, 6.45) is 1.71. The van der Waals surface area contributed by atoms with Crippen LogP contribution < -0.4 is 10.2 Å². The van der Waals surface area contributed by atoms with E-state index in [1.807, 2.05) is 0 Å². The molecule has 3 heterocycles. The molecule has 0 radical (unpaired) electrons. The molecule has 0 atom stereocenters. The van der Waals surface area contributed by atoms with Crippen molar-refractivity contribution >= 4 is 17.7 Å². The highest BCUT2D eigenvalue weighted by Crippen LogP contribution is 2.40. The molecule has 1 aliphatic heterocycles. The number of nitrogens with zero attached hydrogens (tertiary/aromatic N) is 4. The van der Waals surface area contributed by atoms with E-state index >= 15 is 0 Å². The fourth-order valence-corrected chi connectivity index (χ4v) is 4.70. The van der Waals surface area contributed by atoms with Gasteiger partial charge >= 0.3 is 12.3 Å². The van der Waals surface area contributed by atoms with Gasteiger partial charge in [0.15, 0.2) is 5.82 Å². The monoisotopic (exact) mass is 483 g/mol. The summed E-state index contributed by atoms with van der Waals surface area (Å²) in [6.45, 7) is 1.19. The second-order valence-electron chi connectivity index (χ2n) is 9.05. The number of aromatic nitrogens is 3. The van der Waals surface area contributed by atoms with Crippen LogP contribution in [0.1, 0.15) is 31.2 Å². The van der Waals surface area contributed by atoms with Gasteiger partial charge in [0.05, 0.1) is 12.1 Å². The largest absolute Gasteiger partial charge is 0.441 e. The molecule has 3 aromatic rings. The van der Waals surface area contributed by atoms with Crippen molar-refractivity contribution in [1.82, 2.24) is 15.2 Å². The van der Waals surface area contributed by atoms with E-state index in [-0.39, 0.29) is 6.09 Å². The number of anilines is 2. The summed E-state index contributed by atoms with van der Waals surface area (Å²) in [4.78, 5) is 18.3. The zero-order chi connectivity index (χ0) is 24.5. The van der Waals surface area contributed by atoms with Crippen LogP contribution in [0, 0.1) is 5.92 Å². The quantitative estimate of drug-likeness (QED) is 0.512. The lowest BCUT2D eigenvalue weighted by atomic mass is 9.78. The van der Waals surface area contributed by atoms with Crippen LogP contribution in [-0.2, 0) is 10.9 Å². The summed E-state index contributed by atoms with van der Waals surface area (Å²) in [5, 5.41) is 11.2. The fourth-order valence-electron chi connectivity index (χ4n) is 4.70. The average Bonchev–Trinajstić information content (AvgIpc) is 3.19. The van der Waals surface area contributed by atoms with E-state index in [1.54, 1.807) is 47.6 Å². The van der Waals surface area contributed by atoms with Crippen LogP contribution in [0.3, 0.4) is 0 Å². The molecule has 1 aliphatic carbocycles. The number of hydrogen-bond donors (Lipinski definition) is 1. The lowest BCUT2D eigenvalue weighted by Crippen LogP contribution is -2.39. The van der Waals surface area contributed by atoms with Crippen molar-refractivity contribution in [2.45, 2.75) is 37.5 Å². The summed E-state index contributed by atoms with van der Waals surface area (Å²) >= 11 is 0. The number of pyridine rings is 1. The number of halogens is 3. The summed E-state index contributed by atoms with van der Waals surface area (Å²) < 4.78 is 44.7. The summed E-state index contributed by atoms with van der Waals surface area (Å²) in [6, 6.07) is 12.2. The third-order valence-electron chi connectivity index (χ3n) is 6.68. The molecular formula is C25H24F3N5O2. The predicted octanol–water partition coefficient (Wildman–Crippen LogP) is 5.56. The smallest absolute Gasteiger partial charge is 0.416 e. The van der Waals surface area contributed by atoms with Crippen molar-refractivity contribution < 1.29 is 22.7 Å². The number of hydrogen-bond acceptors (Lipinski definition) is 6. The van der Waals surface area contributed by atoms with Gasteiger partial charge in [-0.25, -0.2) is 9.78 Å². The molecule has 7 nitrogen and oxygen atoms in total. The van der Waals surface area contributed by atoms with Crippen LogP contribution in [0.2, 0.25) is 0 Å². The molecule has 2 aliphatic rings. The standard InChI is InChI=1S/C25H24F3N5O2/c26-25(27,28)20-4-1-3-18(13-20)19-6-7-21(30-15-19)29-14-17-8-10-24(11-9-17)16-33(23(34)35-24)22-5-2-12-31-32-22/h1-7,12-13,15,17H,8-11,14,16H2,(H,29,30). The Morgan fingerprint density at radius 2 is 1.91 bits per heavy atom. The SMILES string of the molecule is O=C1OC2(CCC(CNc3ccc(-c4cccc(C(F)(F)F)c4)cn3)CC2)CN1c1cccnn1. The highest BCUT2D eigenvalue weighted by Gasteiger charge is 2.48. The number of ether oxygens (including phenoxy) is 1. The molecule has 5 rings (SSSR count). The van der Waals surface area contributed by atoms with Gasteiger partial charge in [-0.05, 0) is 73.6 Å². The molecule has 0 bridgehead atoms. The first-order valence-electron chi connectivity index (χ1n) is 11.5. The van der Waals surface area contributed by atoms with Crippen molar-refractivity contribution in [2.24, 2.45) is 5.92 Å². The minimum absolute atomic E-state index is 0.382. The first-order chi connectivity index (χ1) is 16.8. The number of rotatable bonds is 5. The Labute approximate surface area is 200 Å².